The quantitative estimate of drug-likeness (QED) is 0.828. The van der Waals surface area contributed by atoms with E-state index >= 15 is 0 Å². The Morgan fingerprint density at radius 3 is 2.19 bits per heavy atom. The summed E-state index contributed by atoms with van der Waals surface area (Å²) in [4.78, 5) is 26.1. The highest BCUT2D eigenvalue weighted by Crippen LogP contribution is 2.24. The molecule has 26 heavy (non-hydrogen) atoms. The van der Waals surface area contributed by atoms with Crippen molar-refractivity contribution in [3.63, 3.8) is 0 Å². The molecule has 0 aliphatic rings. The van der Waals surface area contributed by atoms with Crippen LogP contribution in [-0.4, -0.2) is 30.9 Å². The standard InChI is InChI=1S/C21H26N2O3/c1-15(17-8-6-5-7-9-17)23(3)21(25)14-20(22-16(2)24)18-10-12-19(26-4)13-11-18/h5-13,15,20H,14H2,1-4H3,(H,22,24). The van der Waals surface area contributed by atoms with E-state index in [4.69, 9.17) is 4.74 Å². The second-order valence-electron chi connectivity index (χ2n) is 6.32. The van der Waals surface area contributed by atoms with Gasteiger partial charge in [0.25, 0.3) is 0 Å². The lowest BCUT2D eigenvalue weighted by Crippen LogP contribution is -2.35. The average molecular weight is 354 g/mol. The predicted octanol–water partition coefficient (Wildman–Crippen LogP) is 3.48. The molecule has 0 aliphatic heterocycles. The maximum atomic E-state index is 12.8. The van der Waals surface area contributed by atoms with Gasteiger partial charge in [0.1, 0.15) is 5.75 Å². The molecule has 0 radical (unpaired) electrons. The van der Waals surface area contributed by atoms with E-state index in [1.54, 1.807) is 19.1 Å². The number of ether oxygens (including phenoxy) is 1. The Morgan fingerprint density at radius 2 is 1.65 bits per heavy atom. The smallest absolute Gasteiger partial charge is 0.225 e. The Kier molecular flexibility index (Phi) is 6.78. The van der Waals surface area contributed by atoms with Crippen LogP contribution in [0.3, 0.4) is 0 Å². The number of rotatable bonds is 7. The second-order valence-corrected chi connectivity index (χ2v) is 6.32. The number of nitrogens with one attached hydrogen (secondary N) is 1. The van der Waals surface area contributed by atoms with Crippen LogP contribution in [0.25, 0.3) is 0 Å². The van der Waals surface area contributed by atoms with Crippen LogP contribution in [0.2, 0.25) is 0 Å². The molecule has 2 aromatic rings. The zero-order chi connectivity index (χ0) is 19.1. The summed E-state index contributed by atoms with van der Waals surface area (Å²) in [6.45, 7) is 3.45. The van der Waals surface area contributed by atoms with E-state index in [1.165, 1.54) is 6.92 Å². The van der Waals surface area contributed by atoms with Crippen LogP contribution < -0.4 is 10.1 Å². The largest absolute Gasteiger partial charge is 0.497 e. The molecule has 0 bridgehead atoms. The number of hydrogen-bond donors (Lipinski definition) is 1. The number of amides is 2. The van der Waals surface area contributed by atoms with Gasteiger partial charge < -0.3 is 15.0 Å². The minimum Gasteiger partial charge on any atom is -0.497 e. The molecule has 1 N–H and O–H groups in total. The lowest BCUT2D eigenvalue weighted by Gasteiger charge is -2.28. The predicted molar refractivity (Wildman–Crippen MR) is 102 cm³/mol. The first kappa shape index (κ1) is 19.5. The van der Waals surface area contributed by atoms with E-state index in [9.17, 15) is 9.59 Å². The first-order valence-corrected chi connectivity index (χ1v) is 8.64. The Morgan fingerprint density at radius 1 is 1.04 bits per heavy atom. The monoisotopic (exact) mass is 354 g/mol. The zero-order valence-electron chi connectivity index (χ0n) is 15.7. The van der Waals surface area contributed by atoms with Crippen LogP contribution >= 0.6 is 0 Å². The third kappa shape index (κ3) is 5.09. The minimum atomic E-state index is -0.378. The van der Waals surface area contributed by atoms with Gasteiger partial charge >= 0.3 is 0 Å². The van der Waals surface area contributed by atoms with Crippen LogP contribution in [0, 0.1) is 0 Å². The van der Waals surface area contributed by atoms with Crippen LogP contribution in [0.15, 0.2) is 54.6 Å². The molecule has 2 amide bonds. The van der Waals surface area contributed by atoms with Gasteiger partial charge in [-0.1, -0.05) is 42.5 Å². The Bertz CT molecular complexity index is 729. The first-order chi connectivity index (χ1) is 12.4. The van der Waals surface area contributed by atoms with Gasteiger partial charge in [0.05, 0.1) is 25.6 Å². The molecule has 2 rings (SSSR count). The summed E-state index contributed by atoms with van der Waals surface area (Å²) < 4.78 is 5.17. The summed E-state index contributed by atoms with van der Waals surface area (Å²) in [5.41, 5.74) is 1.94. The van der Waals surface area contributed by atoms with Crippen molar-refractivity contribution < 1.29 is 14.3 Å². The van der Waals surface area contributed by atoms with E-state index in [-0.39, 0.29) is 30.3 Å². The van der Waals surface area contributed by atoms with E-state index < -0.39 is 0 Å². The summed E-state index contributed by atoms with van der Waals surface area (Å²) in [5.74, 6) is 0.532. The van der Waals surface area contributed by atoms with Crippen molar-refractivity contribution in [1.82, 2.24) is 10.2 Å². The lowest BCUT2D eigenvalue weighted by molar-refractivity contribution is -0.132. The van der Waals surface area contributed by atoms with E-state index in [2.05, 4.69) is 5.32 Å². The summed E-state index contributed by atoms with van der Waals surface area (Å²) in [6.07, 6.45) is 0.194. The molecule has 138 valence electrons. The molecule has 5 heteroatoms. The maximum absolute atomic E-state index is 12.8. The normalized spacial score (nSPS) is 12.8. The van der Waals surface area contributed by atoms with E-state index in [0.717, 1.165) is 16.9 Å². The van der Waals surface area contributed by atoms with Crippen molar-refractivity contribution >= 4 is 11.8 Å². The second kappa shape index (κ2) is 9.04. The molecule has 0 aliphatic carbocycles. The number of carbonyl (C=O) groups is 2. The Hall–Kier alpha value is -2.82. The fraction of sp³-hybridized carbons (Fsp3) is 0.333. The molecule has 2 atom stereocenters. The highest BCUT2D eigenvalue weighted by atomic mass is 16.5. The van der Waals surface area contributed by atoms with Crippen LogP contribution in [-0.2, 0) is 9.59 Å². The number of benzene rings is 2. The average Bonchev–Trinajstić information content (AvgIpc) is 2.66. The fourth-order valence-electron chi connectivity index (χ4n) is 2.82. The maximum Gasteiger partial charge on any atom is 0.225 e. The number of hydrogen-bond acceptors (Lipinski definition) is 3. The van der Waals surface area contributed by atoms with Gasteiger partial charge in [-0.25, -0.2) is 0 Å². The summed E-state index contributed by atoms with van der Waals surface area (Å²) in [5, 5.41) is 2.87. The van der Waals surface area contributed by atoms with Gasteiger partial charge in [0, 0.05) is 14.0 Å². The molecular weight excluding hydrogens is 328 g/mol. The number of carbonyl (C=O) groups excluding carboxylic acids is 2. The third-order valence-electron chi connectivity index (χ3n) is 4.53. The van der Waals surface area contributed by atoms with Gasteiger partial charge in [-0.3, -0.25) is 9.59 Å². The van der Waals surface area contributed by atoms with Crippen molar-refractivity contribution in [1.29, 1.82) is 0 Å². The molecule has 0 heterocycles. The van der Waals surface area contributed by atoms with Crippen LogP contribution in [0.1, 0.15) is 43.5 Å². The minimum absolute atomic E-state index is 0.0316. The van der Waals surface area contributed by atoms with Crippen molar-refractivity contribution in [3.05, 3.63) is 65.7 Å². The molecule has 2 unspecified atom stereocenters. The highest BCUT2D eigenvalue weighted by molar-refractivity contribution is 5.79. The highest BCUT2D eigenvalue weighted by Gasteiger charge is 2.23. The summed E-state index contributed by atoms with van der Waals surface area (Å²) in [7, 11) is 3.39. The molecule has 5 nitrogen and oxygen atoms in total. The summed E-state index contributed by atoms with van der Waals surface area (Å²) >= 11 is 0. The van der Waals surface area contributed by atoms with Gasteiger partial charge in [-0.15, -0.1) is 0 Å². The van der Waals surface area contributed by atoms with E-state index in [0.29, 0.717) is 0 Å². The number of methoxy groups -OCH3 is 1. The third-order valence-corrected chi connectivity index (χ3v) is 4.53. The molecule has 0 fully saturated rings. The fourth-order valence-corrected chi connectivity index (χ4v) is 2.82. The van der Waals surface area contributed by atoms with Crippen molar-refractivity contribution in [2.45, 2.75) is 32.4 Å². The Balaban J connectivity index is 2.13. The van der Waals surface area contributed by atoms with Crippen molar-refractivity contribution in [2.75, 3.05) is 14.2 Å². The van der Waals surface area contributed by atoms with Gasteiger partial charge in [-0.2, -0.15) is 0 Å². The van der Waals surface area contributed by atoms with Crippen molar-refractivity contribution in [3.8, 4) is 5.75 Å². The molecule has 0 spiro atoms. The van der Waals surface area contributed by atoms with Gasteiger partial charge in [-0.05, 0) is 30.2 Å². The molecule has 0 saturated carbocycles. The zero-order valence-corrected chi connectivity index (χ0v) is 15.7. The molecule has 0 aromatic heterocycles. The number of nitrogens with zero attached hydrogens (tertiary/aromatic N) is 1. The van der Waals surface area contributed by atoms with Crippen LogP contribution in [0.5, 0.6) is 5.75 Å². The van der Waals surface area contributed by atoms with Crippen molar-refractivity contribution in [2.24, 2.45) is 0 Å². The first-order valence-electron chi connectivity index (χ1n) is 8.64. The Labute approximate surface area is 155 Å². The van der Waals surface area contributed by atoms with Gasteiger partial charge in [0.15, 0.2) is 0 Å². The molecule has 0 saturated heterocycles. The topological polar surface area (TPSA) is 58.6 Å². The van der Waals surface area contributed by atoms with E-state index in [1.807, 2.05) is 61.5 Å². The van der Waals surface area contributed by atoms with Gasteiger partial charge in [0.2, 0.25) is 11.8 Å². The molecular formula is C21H26N2O3. The lowest BCUT2D eigenvalue weighted by atomic mass is 10.0. The molecule has 2 aromatic carbocycles. The summed E-state index contributed by atoms with van der Waals surface area (Å²) in [6, 6.07) is 16.8. The van der Waals surface area contributed by atoms with Crippen LogP contribution in [0.4, 0.5) is 0 Å². The SMILES string of the molecule is COc1ccc(C(CC(=O)N(C)C(C)c2ccccc2)NC(C)=O)cc1.